The van der Waals surface area contributed by atoms with Gasteiger partial charge in [-0.2, -0.15) is 0 Å². The molecule has 0 saturated carbocycles. The lowest BCUT2D eigenvalue weighted by Gasteiger charge is -2.25. The maximum Gasteiger partial charge on any atom is 0.270 e. The normalized spacial score (nSPS) is 12.8. The number of rotatable bonds is 7. The maximum absolute atomic E-state index is 10.8. The van der Waals surface area contributed by atoms with E-state index >= 15 is 0 Å². The number of nitro groups is 1. The van der Waals surface area contributed by atoms with Crippen LogP contribution in [0.5, 0.6) is 0 Å². The van der Waals surface area contributed by atoms with E-state index in [1.807, 2.05) is 0 Å². The van der Waals surface area contributed by atoms with Gasteiger partial charge in [-0.3, -0.25) is 10.1 Å². The molecular formula is C14H22IN3O2. The van der Waals surface area contributed by atoms with E-state index in [0.717, 1.165) is 22.2 Å². The van der Waals surface area contributed by atoms with Crippen LogP contribution < -0.4 is 5.32 Å². The van der Waals surface area contributed by atoms with E-state index in [9.17, 15) is 10.1 Å². The Balaban J connectivity index is 2.84. The summed E-state index contributed by atoms with van der Waals surface area (Å²) in [5.41, 5.74) is 1.09. The van der Waals surface area contributed by atoms with Crippen LogP contribution in [0.25, 0.3) is 0 Å². The molecule has 1 N–H and O–H groups in total. The van der Waals surface area contributed by atoms with Gasteiger partial charge in [-0.15, -0.1) is 0 Å². The van der Waals surface area contributed by atoms with Crippen molar-refractivity contribution in [3.8, 4) is 0 Å². The number of anilines is 1. The molecule has 0 amide bonds. The lowest BCUT2D eigenvalue weighted by molar-refractivity contribution is -0.384. The van der Waals surface area contributed by atoms with Crippen LogP contribution in [0.4, 0.5) is 11.4 Å². The van der Waals surface area contributed by atoms with Gasteiger partial charge in [-0.05, 0) is 55.1 Å². The van der Waals surface area contributed by atoms with E-state index in [1.165, 1.54) is 0 Å². The highest BCUT2D eigenvalue weighted by atomic mass is 127. The van der Waals surface area contributed by atoms with Crippen molar-refractivity contribution in [2.45, 2.75) is 26.3 Å². The average molecular weight is 391 g/mol. The van der Waals surface area contributed by atoms with Crippen molar-refractivity contribution in [1.29, 1.82) is 0 Å². The summed E-state index contributed by atoms with van der Waals surface area (Å²) in [6, 6.07) is 5.28. The van der Waals surface area contributed by atoms with Gasteiger partial charge >= 0.3 is 0 Å². The Bertz CT molecular complexity index is 454. The molecular weight excluding hydrogens is 369 g/mol. The van der Waals surface area contributed by atoms with Gasteiger partial charge in [0.1, 0.15) is 0 Å². The molecule has 0 fully saturated rings. The minimum Gasteiger partial charge on any atom is -0.380 e. The highest BCUT2D eigenvalue weighted by Gasteiger charge is 2.15. The number of benzene rings is 1. The van der Waals surface area contributed by atoms with Gasteiger partial charge in [0.15, 0.2) is 0 Å². The summed E-state index contributed by atoms with van der Waals surface area (Å²) in [4.78, 5) is 12.5. The first-order chi connectivity index (χ1) is 9.29. The Labute approximate surface area is 134 Å². The third kappa shape index (κ3) is 5.62. The monoisotopic (exact) mass is 391 g/mol. The van der Waals surface area contributed by atoms with Crippen LogP contribution in [0.2, 0.25) is 0 Å². The second kappa shape index (κ2) is 7.78. The molecule has 1 aromatic rings. The van der Waals surface area contributed by atoms with Crippen LogP contribution in [0.1, 0.15) is 20.3 Å². The zero-order valence-corrected chi connectivity index (χ0v) is 14.5. The molecule has 0 aliphatic carbocycles. The van der Waals surface area contributed by atoms with Crippen molar-refractivity contribution in [2.75, 3.05) is 26.0 Å². The summed E-state index contributed by atoms with van der Waals surface area (Å²) in [7, 11) is 4.10. The van der Waals surface area contributed by atoms with E-state index in [1.54, 1.807) is 18.2 Å². The molecule has 0 spiro atoms. The van der Waals surface area contributed by atoms with Crippen molar-refractivity contribution in [3.63, 3.8) is 0 Å². The third-order valence-corrected chi connectivity index (χ3v) is 3.76. The van der Waals surface area contributed by atoms with E-state index in [0.29, 0.717) is 12.0 Å². The maximum atomic E-state index is 10.8. The van der Waals surface area contributed by atoms with Crippen molar-refractivity contribution >= 4 is 34.0 Å². The Morgan fingerprint density at radius 3 is 2.50 bits per heavy atom. The average Bonchev–Trinajstić information content (AvgIpc) is 2.29. The van der Waals surface area contributed by atoms with E-state index in [-0.39, 0.29) is 10.6 Å². The highest BCUT2D eigenvalue weighted by Crippen LogP contribution is 2.25. The van der Waals surface area contributed by atoms with Gasteiger partial charge in [0.25, 0.3) is 5.69 Å². The molecule has 0 aliphatic heterocycles. The smallest absolute Gasteiger partial charge is 0.270 e. The van der Waals surface area contributed by atoms with Crippen LogP contribution in [0.3, 0.4) is 0 Å². The van der Waals surface area contributed by atoms with E-state index in [4.69, 9.17) is 0 Å². The number of hydrogen-bond acceptors (Lipinski definition) is 4. The van der Waals surface area contributed by atoms with Crippen LogP contribution >= 0.6 is 22.6 Å². The molecule has 0 saturated heterocycles. The highest BCUT2D eigenvalue weighted by molar-refractivity contribution is 14.1. The standard InChI is InChI=1S/C14H22IN3O2/c1-10(2)7-11(9-17(3)4)16-14-6-5-12(18(19)20)8-13(14)15/h5-6,8,10-11,16H,7,9H2,1-4H3. The molecule has 0 aromatic heterocycles. The van der Waals surface area contributed by atoms with Crippen LogP contribution in [0, 0.1) is 19.6 Å². The van der Waals surface area contributed by atoms with Gasteiger partial charge in [0.05, 0.1) is 4.92 Å². The molecule has 0 bridgehead atoms. The second-order valence-electron chi connectivity index (χ2n) is 5.65. The first-order valence-electron chi connectivity index (χ1n) is 6.64. The number of non-ortho nitro benzene ring substituents is 1. The lowest BCUT2D eigenvalue weighted by Crippen LogP contribution is -2.33. The largest absolute Gasteiger partial charge is 0.380 e. The number of nitrogens with one attached hydrogen (secondary N) is 1. The number of halogens is 1. The zero-order chi connectivity index (χ0) is 15.3. The van der Waals surface area contributed by atoms with Crippen molar-refractivity contribution < 1.29 is 4.92 Å². The van der Waals surface area contributed by atoms with Crippen molar-refractivity contribution in [2.24, 2.45) is 5.92 Å². The lowest BCUT2D eigenvalue weighted by atomic mass is 10.0. The SMILES string of the molecule is CC(C)CC(CN(C)C)Nc1ccc([N+](=O)[O-])cc1I. The van der Waals surface area contributed by atoms with E-state index < -0.39 is 0 Å². The summed E-state index contributed by atoms with van der Waals surface area (Å²) in [6.45, 7) is 5.33. The Kier molecular flexibility index (Phi) is 6.67. The fraction of sp³-hybridized carbons (Fsp3) is 0.571. The minimum absolute atomic E-state index is 0.132. The van der Waals surface area contributed by atoms with Gasteiger partial charge in [-0.25, -0.2) is 0 Å². The van der Waals surface area contributed by atoms with Gasteiger partial charge in [0, 0.05) is 34.0 Å². The minimum atomic E-state index is -0.364. The zero-order valence-electron chi connectivity index (χ0n) is 12.4. The predicted octanol–water partition coefficient (Wildman–Crippen LogP) is 3.59. The first-order valence-corrected chi connectivity index (χ1v) is 7.72. The number of hydrogen-bond donors (Lipinski definition) is 1. The molecule has 1 atom stereocenters. The number of nitro benzene ring substituents is 1. The van der Waals surface area contributed by atoms with Crippen LogP contribution in [-0.2, 0) is 0 Å². The first kappa shape index (κ1) is 17.2. The van der Waals surface area contributed by atoms with Crippen LogP contribution in [-0.4, -0.2) is 36.5 Å². The third-order valence-electron chi connectivity index (χ3n) is 2.86. The fourth-order valence-electron chi connectivity index (χ4n) is 2.14. The molecule has 5 nitrogen and oxygen atoms in total. The Hall–Kier alpha value is -0.890. The summed E-state index contributed by atoms with van der Waals surface area (Å²) in [5.74, 6) is 0.600. The number of likely N-dealkylation sites (N-methyl/N-ethyl adjacent to an activating group) is 1. The fourth-order valence-corrected chi connectivity index (χ4v) is 2.80. The van der Waals surface area contributed by atoms with Crippen molar-refractivity contribution in [3.05, 3.63) is 31.9 Å². The van der Waals surface area contributed by atoms with Gasteiger partial charge in [-0.1, -0.05) is 13.8 Å². The van der Waals surface area contributed by atoms with Crippen molar-refractivity contribution in [1.82, 2.24) is 4.90 Å². The summed E-state index contributed by atoms with van der Waals surface area (Å²) < 4.78 is 0.879. The molecule has 6 heteroatoms. The Morgan fingerprint density at radius 1 is 1.40 bits per heavy atom. The molecule has 0 heterocycles. The second-order valence-corrected chi connectivity index (χ2v) is 6.82. The molecule has 0 radical (unpaired) electrons. The van der Waals surface area contributed by atoms with E-state index in [2.05, 4.69) is 60.8 Å². The molecule has 1 aromatic carbocycles. The summed E-state index contributed by atoms with van der Waals surface area (Å²) in [6.07, 6.45) is 1.06. The quantitative estimate of drug-likeness (QED) is 0.439. The summed E-state index contributed by atoms with van der Waals surface area (Å²) in [5, 5.41) is 14.3. The van der Waals surface area contributed by atoms with Gasteiger partial charge < -0.3 is 10.2 Å². The molecule has 1 rings (SSSR count). The molecule has 112 valence electrons. The van der Waals surface area contributed by atoms with Gasteiger partial charge in [0.2, 0.25) is 0 Å². The predicted molar refractivity (Wildman–Crippen MR) is 91.2 cm³/mol. The van der Waals surface area contributed by atoms with Crippen LogP contribution in [0.15, 0.2) is 18.2 Å². The molecule has 0 aliphatic rings. The molecule has 20 heavy (non-hydrogen) atoms. The topological polar surface area (TPSA) is 58.4 Å². The Morgan fingerprint density at radius 2 is 2.05 bits per heavy atom. The summed E-state index contributed by atoms with van der Waals surface area (Å²) >= 11 is 2.14. The molecule has 1 unspecified atom stereocenters. The number of nitrogens with zero attached hydrogens (tertiary/aromatic N) is 2.